The summed E-state index contributed by atoms with van der Waals surface area (Å²) in [5, 5.41) is 10.8. The monoisotopic (exact) mass is 321 g/mol. The van der Waals surface area contributed by atoms with E-state index < -0.39 is 33.2 Å². The van der Waals surface area contributed by atoms with Crippen LogP contribution >= 0.6 is 0 Å². The van der Waals surface area contributed by atoms with Crippen LogP contribution in [0.5, 0.6) is 0 Å². The van der Waals surface area contributed by atoms with Crippen LogP contribution in [0, 0.1) is 0 Å². The zero-order valence-corrected chi connectivity index (χ0v) is 11.6. The van der Waals surface area contributed by atoms with Gasteiger partial charge in [-0.1, -0.05) is 12.1 Å². The molecule has 1 rings (SSSR count). The van der Waals surface area contributed by atoms with E-state index in [1.54, 1.807) is 0 Å². The van der Waals surface area contributed by atoms with Crippen molar-refractivity contribution in [3.63, 3.8) is 0 Å². The lowest BCUT2D eigenvalue weighted by Gasteiger charge is -2.06. The van der Waals surface area contributed by atoms with Crippen LogP contribution in [0.1, 0.15) is 22.3 Å². The number of amides is 1. The van der Waals surface area contributed by atoms with Gasteiger partial charge in [0.15, 0.2) is 0 Å². The van der Waals surface area contributed by atoms with Gasteiger partial charge in [-0.15, -0.1) is 0 Å². The Kier molecular flexibility index (Phi) is 5.77. The SMILES string of the molecule is O=C(O)CCNC(=O)c1ccc(CS(=O)(=O)C(F)F)cc1. The van der Waals surface area contributed by atoms with Crippen LogP contribution in [0.3, 0.4) is 0 Å². The van der Waals surface area contributed by atoms with Crippen LogP contribution in [0.25, 0.3) is 0 Å². The van der Waals surface area contributed by atoms with Gasteiger partial charge in [-0.25, -0.2) is 8.42 Å². The van der Waals surface area contributed by atoms with Crippen LogP contribution in [0.2, 0.25) is 0 Å². The molecule has 9 heteroatoms. The van der Waals surface area contributed by atoms with Gasteiger partial charge in [0, 0.05) is 12.1 Å². The number of carbonyl (C=O) groups excluding carboxylic acids is 1. The highest BCUT2D eigenvalue weighted by Crippen LogP contribution is 2.14. The summed E-state index contributed by atoms with van der Waals surface area (Å²) in [5.41, 5.74) is 0.316. The van der Waals surface area contributed by atoms with Gasteiger partial charge in [0.1, 0.15) is 0 Å². The number of carboxylic acid groups (broad SMARTS) is 1. The summed E-state index contributed by atoms with van der Waals surface area (Å²) in [7, 11) is -4.51. The zero-order valence-electron chi connectivity index (χ0n) is 10.8. The van der Waals surface area contributed by atoms with Crippen LogP contribution < -0.4 is 5.32 Å². The molecule has 0 aromatic heterocycles. The van der Waals surface area contributed by atoms with Gasteiger partial charge in [-0.05, 0) is 17.7 Å². The molecule has 0 aliphatic carbocycles. The van der Waals surface area contributed by atoms with Gasteiger partial charge in [-0.3, -0.25) is 9.59 Å². The lowest BCUT2D eigenvalue weighted by molar-refractivity contribution is -0.136. The molecule has 0 aliphatic rings. The average Bonchev–Trinajstić information content (AvgIpc) is 2.38. The third-order valence-corrected chi connectivity index (χ3v) is 3.76. The minimum Gasteiger partial charge on any atom is -0.481 e. The van der Waals surface area contributed by atoms with E-state index in [0.29, 0.717) is 0 Å². The van der Waals surface area contributed by atoms with E-state index >= 15 is 0 Å². The maximum Gasteiger partial charge on any atom is 0.337 e. The Hall–Kier alpha value is -2.03. The minimum atomic E-state index is -4.51. The molecule has 6 nitrogen and oxygen atoms in total. The predicted octanol–water partition coefficient (Wildman–Crippen LogP) is 1.03. The standard InChI is InChI=1S/C12H13F2NO5S/c13-12(14)21(19,20)7-8-1-3-9(4-2-8)11(18)15-6-5-10(16)17/h1-4,12H,5-7H2,(H,15,18)(H,16,17). The third kappa shape index (κ3) is 5.46. The molecule has 0 saturated carbocycles. The van der Waals surface area contributed by atoms with E-state index in [4.69, 9.17) is 5.11 Å². The molecule has 0 bridgehead atoms. The zero-order chi connectivity index (χ0) is 16.0. The third-order valence-electron chi connectivity index (χ3n) is 2.48. The fourth-order valence-corrected chi connectivity index (χ4v) is 2.22. The average molecular weight is 321 g/mol. The van der Waals surface area contributed by atoms with E-state index in [1.165, 1.54) is 24.3 Å². The first-order valence-corrected chi connectivity index (χ1v) is 7.52. The van der Waals surface area contributed by atoms with Gasteiger partial charge >= 0.3 is 11.7 Å². The minimum absolute atomic E-state index is 0.0460. The smallest absolute Gasteiger partial charge is 0.337 e. The van der Waals surface area contributed by atoms with Crippen molar-refractivity contribution >= 4 is 21.7 Å². The van der Waals surface area contributed by atoms with Crippen molar-refractivity contribution in [1.82, 2.24) is 5.32 Å². The molecule has 0 heterocycles. The Morgan fingerprint density at radius 1 is 1.19 bits per heavy atom. The lowest BCUT2D eigenvalue weighted by Crippen LogP contribution is -2.26. The second-order valence-electron chi connectivity index (χ2n) is 4.16. The van der Waals surface area contributed by atoms with Crippen molar-refractivity contribution in [2.45, 2.75) is 17.9 Å². The van der Waals surface area contributed by atoms with Crippen molar-refractivity contribution in [3.8, 4) is 0 Å². The number of nitrogens with one attached hydrogen (secondary N) is 1. The second kappa shape index (κ2) is 7.11. The second-order valence-corrected chi connectivity index (χ2v) is 6.14. The number of hydrogen-bond acceptors (Lipinski definition) is 4. The van der Waals surface area contributed by atoms with Crippen LogP contribution in [0.4, 0.5) is 8.78 Å². The summed E-state index contributed by atoms with van der Waals surface area (Å²) in [5.74, 6) is -5.84. The highest BCUT2D eigenvalue weighted by atomic mass is 32.2. The molecule has 0 radical (unpaired) electrons. The molecule has 1 aromatic rings. The number of carbonyl (C=O) groups is 2. The molecule has 1 amide bonds. The largest absolute Gasteiger partial charge is 0.481 e. The number of sulfone groups is 1. The quantitative estimate of drug-likeness (QED) is 0.781. The highest BCUT2D eigenvalue weighted by Gasteiger charge is 2.24. The summed E-state index contributed by atoms with van der Waals surface area (Å²) in [6, 6.07) is 5.08. The molecular formula is C12H13F2NO5S. The fourth-order valence-electron chi connectivity index (χ4n) is 1.43. The molecule has 0 atom stereocenters. The van der Waals surface area contributed by atoms with E-state index in [2.05, 4.69) is 5.32 Å². The van der Waals surface area contributed by atoms with Gasteiger partial charge in [-0.2, -0.15) is 8.78 Å². The lowest BCUT2D eigenvalue weighted by atomic mass is 10.1. The van der Waals surface area contributed by atoms with Crippen LogP contribution in [-0.4, -0.2) is 37.7 Å². The van der Waals surface area contributed by atoms with E-state index in [0.717, 1.165) is 0 Å². The van der Waals surface area contributed by atoms with Crippen molar-refractivity contribution in [2.24, 2.45) is 0 Å². The van der Waals surface area contributed by atoms with Gasteiger partial charge < -0.3 is 10.4 Å². The van der Waals surface area contributed by atoms with Gasteiger partial charge in [0.2, 0.25) is 9.84 Å². The first kappa shape index (κ1) is 17.0. The number of alkyl halides is 2. The number of benzene rings is 1. The molecule has 0 aliphatic heterocycles. The summed E-state index contributed by atoms with van der Waals surface area (Å²) in [4.78, 5) is 21.9. The summed E-state index contributed by atoms with van der Waals surface area (Å²) in [6.45, 7) is -0.0460. The van der Waals surface area contributed by atoms with Crippen molar-refractivity contribution in [3.05, 3.63) is 35.4 Å². The van der Waals surface area contributed by atoms with E-state index in [-0.39, 0.29) is 24.1 Å². The first-order valence-electron chi connectivity index (χ1n) is 5.81. The first-order chi connectivity index (χ1) is 9.72. The molecule has 0 spiro atoms. The molecule has 0 unspecified atom stereocenters. The molecular weight excluding hydrogens is 308 g/mol. The normalized spacial score (nSPS) is 11.4. The maximum absolute atomic E-state index is 12.2. The van der Waals surface area contributed by atoms with Crippen molar-refractivity contribution in [1.29, 1.82) is 0 Å². The maximum atomic E-state index is 12.2. The van der Waals surface area contributed by atoms with E-state index in [9.17, 15) is 26.8 Å². The van der Waals surface area contributed by atoms with Crippen molar-refractivity contribution in [2.75, 3.05) is 6.54 Å². The Labute approximate surface area is 119 Å². The predicted molar refractivity (Wildman–Crippen MR) is 69.7 cm³/mol. The number of carboxylic acids is 1. The van der Waals surface area contributed by atoms with Crippen LogP contribution in [0.15, 0.2) is 24.3 Å². The number of hydrogen-bond donors (Lipinski definition) is 2. The van der Waals surface area contributed by atoms with Crippen LogP contribution in [-0.2, 0) is 20.4 Å². The van der Waals surface area contributed by atoms with Crippen molar-refractivity contribution < 1.29 is 31.9 Å². The van der Waals surface area contributed by atoms with E-state index in [1.807, 2.05) is 0 Å². The van der Waals surface area contributed by atoms with Gasteiger partial charge in [0.05, 0.1) is 12.2 Å². The molecule has 2 N–H and O–H groups in total. The number of aliphatic carboxylic acids is 1. The summed E-state index contributed by atoms with van der Waals surface area (Å²) >= 11 is 0. The highest BCUT2D eigenvalue weighted by molar-refractivity contribution is 7.90. The topological polar surface area (TPSA) is 101 Å². The summed E-state index contributed by atoms with van der Waals surface area (Å²) < 4.78 is 46.5. The molecule has 21 heavy (non-hydrogen) atoms. The number of halogens is 2. The summed E-state index contributed by atoms with van der Waals surface area (Å²) in [6.07, 6.45) is -0.226. The number of rotatable bonds is 7. The van der Waals surface area contributed by atoms with Gasteiger partial charge in [0.25, 0.3) is 5.91 Å². The molecule has 116 valence electrons. The Morgan fingerprint density at radius 3 is 2.24 bits per heavy atom. The fraction of sp³-hybridized carbons (Fsp3) is 0.333. The Morgan fingerprint density at radius 2 is 1.76 bits per heavy atom. The molecule has 0 fully saturated rings. The molecule has 0 saturated heterocycles. The Balaban J connectivity index is 2.66. The molecule has 1 aromatic carbocycles. The Bertz CT molecular complexity index is 613.